The summed E-state index contributed by atoms with van der Waals surface area (Å²) in [6, 6.07) is 0. The molecular formula is C5H13F5. The van der Waals surface area contributed by atoms with Crippen LogP contribution in [0.15, 0.2) is 0 Å². The Kier molecular flexibility index (Phi) is 35.9. The standard InChI is InChI=1S/C3H7F.C2H4F2.2FH/c1-3(2)4;1-2(3)4;;/h3H,1-2H3;2H,1H3;2*1H. The molecule has 0 aliphatic carbocycles. The molecule has 0 saturated carbocycles. The van der Waals surface area contributed by atoms with Crippen LogP contribution in [0.3, 0.4) is 0 Å². The van der Waals surface area contributed by atoms with Crippen LogP contribution in [0.1, 0.15) is 20.8 Å². The Balaban J connectivity index is -0.0000000300. The zero-order chi connectivity index (χ0) is 7.15. The first-order chi connectivity index (χ1) is 3.46. The highest BCUT2D eigenvalue weighted by Gasteiger charge is 1.79. The van der Waals surface area contributed by atoms with Gasteiger partial charge in [-0.15, -0.1) is 0 Å². The quantitative estimate of drug-likeness (QED) is 0.488. The van der Waals surface area contributed by atoms with Gasteiger partial charge in [-0.3, -0.25) is 9.41 Å². The lowest BCUT2D eigenvalue weighted by atomic mass is 10.5. The third-order valence-electron chi connectivity index (χ3n) is 0. The Labute approximate surface area is 57.2 Å². The van der Waals surface area contributed by atoms with Crippen molar-refractivity contribution >= 4 is 0 Å². The van der Waals surface area contributed by atoms with Crippen molar-refractivity contribution in [3.05, 3.63) is 0 Å². The molecule has 0 radical (unpaired) electrons. The Morgan fingerprint density at radius 3 is 0.800 bits per heavy atom. The summed E-state index contributed by atoms with van der Waals surface area (Å²) in [5, 5.41) is 0. The van der Waals surface area contributed by atoms with Crippen molar-refractivity contribution in [3.63, 3.8) is 0 Å². The predicted octanol–water partition coefficient (Wildman–Crippen LogP) is 2.94. The van der Waals surface area contributed by atoms with Crippen LogP contribution in [0.2, 0.25) is 0 Å². The maximum Gasteiger partial charge on any atom is 0.235 e. The van der Waals surface area contributed by atoms with Gasteiger partial charge in [0, 0.05) is 0 Å². The fourth-order valence-corrected chi connectivity index (χ4v) is 0. The van der Waals surface area contributed by atoms with Gasteiger partial charge in [-0.2, -0.15) is 0 Å². The number of hydrogen-bond donors (Lipinski definition) is 0. The Morgan fingerprint density at radius 1 is 0.800 bits per heavy atom. The van der Waals surface area contributed by atoms with Gasteiger partial charge in [0.15, 0.2) is 0 Å². The minimum absolute atomic E-state index is 0. The molecule has 0 fully saturated rings. The molecule has 68 valence electrons. The van der Waals surface area contributed by atoms with Gasteiger partial charge >= 0.3 is 0 Å². The van der Waals surface area contributed by atoms with Crippen LogP contribution in [0.25, 0.3) is 0 Å². The molecular weight excluding hydrogens is 155 g/mol. The van der Waals surface area contributed by atoms with Gasteiger partial charge in [0.2, 0.25) is 6.43 Å². The highest BCUT2D eigenvalue weighted by atomic mass is 19.3. The molecule has 0 amide bonds. The SMILES string of the molecule is CC(C)F.CC(F)F.F.F. The van der Waals surface area contributed by atoms with Crippen molar-refractivity contribution in [2.75, 3.05) is 0 Å². The molecule has 5 heteroatoms. The fraction of sp³-hybridized carbons (Fsp3) is 1.00. The van der Waals surface area contributed by atoms with E-state index in [0.29, 0.717) is 0 Å². The third-order valence-corrected chi connectivity index (χ3v) is 0. The summed E-state index contributed by atoms with van der Waals surface area (Å²) in [6.45, 7) is 3.83. The molecule has 0 unspecified atom stereocenters. The van der Waals surface area contributed by atoms with Gasteiger partial charge in [-0.05, 0) is 20.8 Å². The van der Waals surface area contributed by atoms with Crippen molar-refractivity contribution < 1.29 is 22.6 Å². The number of hydrogen-bond acceptors (Lipinski definition) is 0. The summed E-state index contributed by atoms with van der Waals surface area (Å²) in [4.78, 5) is 0. The first-order valence-electron chi connectivity index (χ1n) is 2.39. The van der Waals surface area contributed by atoms with Crippen LogP contribution >= 0.6 is 0 Å². The smallest absolute Gasteiger partial charge is 0.235 e. The molecule has 0 aliphatic heterocycles. The van der Waals surface area contributed by atoms with Gasteiger partial charge < -0.3 is 0 Å². The summed E-state index contributed by atoms with van der Waals surface area (Å²) in [5.41, 5.74) is 0. The lowest BCUT2D eigenvalue weighted by Crippen LogP contribution is -1.73. The molecule has 0 aromatic heterocycles. The Bertz CT molecular complexity index is 25.5. The normalized spacial score (nSPS) is 7.20. The van der Waals surface area contributed by atoms with Crippen molar-refractivity contribution in [2.45, 2.75) is 33.4 Å². The summed E-state index contributed by atoms with van der Waals surface area (Å²) in [7, 11) is 0. The molecule has 0 nitrogen and oxygen atoms in total. The lowest BCUT2D eigenvalue weighted by molar-refractivity contribution is 0.171. The second kappa shape index (κ2) is 15.9. The number of rotatable bonds is 0. The van der Waals surface area contributed by atoms with E-state index in [9.17, 15) is 13.2 Å². The first-order valence-corrected chi connectivity index (χ1v) is 2.39. The van der Waals surface area contributed by atoms with Gasteiger partial charge in [0.1, 0.15) is 0 Å². The van der Waals surface area contributed by atoms with E-state index in [1.54, 1.807) is 0 Å². The van der Waals surface area contributed by atoms with E-state index in [1.165, 1.54) is 13.8 Å². The molecule has 0 atom stereocenters. The van der Waals surface area contributed by atoms with Gasteiger partial charge in [-0.1, -0.05) is 0 Å². The molecule has 0 bridgehead atoms. The Hall–Kier alpha value is -0.350. The molecule has 0 spiro atoms. The zero-order valence-corrected chi connectivity index (χ0v) is 6.11. The molecule has 0 saturated heterocycles. The van der Waals surface area contributed by atoms with E-state index >= 15 is 0 Å². The van der Waals surface area contributed by atoms with Crippen LogP contribution in [-0.4, -0.2) is 12.6 Å². The van der Waals surface area contributed by atoms with Crippen LogP contribution in [0.4, 0.5) is 22.6 Å². The van der Waals surface area contributed by atoms with Crippen molar-refractivity contribution in [3.8, 4) is 0 Å². The van der Waals surface area contributed by atoms with Gasteiger partial charge in [0.05, 0.1) is 6.17 Å². The monoisotopic (exact) mass is 168 g/mol. The fourth-order valence-electron chi connectivity index (χ4n) is 0. The van der Waals surface area contributed by atoms with Crippen LogP contribution in [0, 0.1) is 0 Å². The van der Waals surface area contributed by atoms with Crippen molar-refractivity contribution in [2.24, 2.45) is 0 Å². The Morgan fingerprint density at radius 2 is 0.800 bits per heavy atom. The number of halogens is 5. The van der Waals surface area contributed by atoms with E-state index in [1.807, 2.05) is 0 Å². The van der Waals surface area contributed by atoms with Gasteiger partial charge in [0.25, 0.3) is 0 Å². The van der Waals surface area contributed by atoms with Crippen molar-refractivity contribution in [1.82, 2.24) is 0 Å². The van der Waals surface area contributed by atoms with Crippen LogP contribution in [-0.2, 0) is 0 Å². The predicted molar refractivity (Wildman–Crippen MR) is 32.9 cm³/mol. The summed E-state index contributed by atoms with van der Waals surface area (Å²) in [5.74, 6) is 0. The maximum absolute atomic E-state index is 11.0. The van der Waals surface area contributed by atoms with Gasteiger partial charge in [-0.25, -0.2) is 13.2 Å². The summed E-state index contributed by atoms with van der Waals surface area (Å²) in [6.07, 6.45) is -2.83. The highest BCUT2D eigenvalue weighted by Crippen LogP contribution is 1.82. The molecule has 0 rings (SSSR count). The van der Waals surface area contributed by atoms with E-state index in [2.05, 4.69) is 0 Å². The van der Waals surface area contributed by atoms with E-state index in [-0.39, 0.29) is 9.41 Å². The van der Waals surface area contributed by atoms with E-state index < -0.39 is 12.6 Å². The van der Waals surface area contributed by atoms with E-state index in [4.69, 9.17) is 0 Å². The molecule has 0 aliphatic rings. The second-order valence-electron chi connectivity index (χ2n) is 1.53. The average Bonchev–Trinajstić information content (AvgIpc) is 1.25. The largest absolute Gasteiger partial charge is 0.269 e. The lowest BCUT2D eigenvalue weighted by Gasteiger charge is -1.74. The zero-order valence-electron chi connectivity index (χ0n) is 6.11. The topological polar surface area (TPSA) is 0 Å². The van der Waals surface area contributed by atoms with E-state index in [0.717, 1.165) is 6.92 Å². The number of alkyl halides is 3. The summed E-state index contributed by atoms with van der Waals surface area (Å²) < 4.78 is 31.7. The third kappa shape index (κ3) is 2760. The second-order valence-corrected chi connectivity index (χ2v) is 1.53. The van der Waals surface area contributed by atoms with Crippen LogP contribution < -0.4 is 0 Å². The molecule has 0 heterocycles. The highest BCUT2D eigenvalue weighted by molar-refractivity contribution is 4.22. The molecule has 0 aromatic rings. The molecule has 10 heavy (non-hydrogen) atoms. The van der Waals surface area contributed by atoms with Crippen LogP contribution in [0.5, 0.6) is 0 Å². The minimum Gasteiger partial charge on any atom is -0.269 e. The maximum atomic E-state index is 11.0. The average molecular weight is 168 g/mol. The summed E-state index contributed by atoms with van der Waals surface area (Å²) >= 11 is 0. The molecule has 0 aromatic carbocycles. The van der Waals surface area contributed by atoms with Crippen molar-refractivity contribution in [1.29, 1.82) is 0 Å². The molecule has 0 N–H and O–H groups in total. The first kappa shape index (κ1) is 22.6. The minimum atomic E-state index is -2.17.